The van der Waals surface area contributed by atoms with Gasteiger partial charge in [0.05, 0.1) is 24.5 Å². The van der Waals surface area contributed by atoms with Gasteiger partial charge < -0.3 is 24.3 Å². The van der Waals surface area contributed by atoms with Crippen LogP contribution in [-0.4, -0.2) is 38.5 Å². The van der Waals surface area contributed by atoms with Gasteiger partial charge in [-0.05, 0) is 41.3 Å². The molecule has 0 saturated heterocycles. The van der Waals surface area contributed by atoms with E-state index >= 15 is 0 Å². The fourth-order valence-electron chi connectivity index (χ4n) is 3.01. The van der Waals surface area contributed by atoms with E-state index in [-0.39, 0.29) is 36.9 Å². The number of ether oxygens (including phenoxy) is 3. The third kappa shape index (κ3) is 5.09. The Labute approximate surface area is 173 Å². The highest BCUT2D eigenvalue weighted by atomic mass is 19.4. The number of nitro groups is 1. The van der Waals surface area contributed by atoms with E-state index in [1.807, 2.05) is 0 Å². The van der Waals surface area contributed by atoms with Crippen LogP contribution in [0.5, 0.6) is 11.8 Å². The highest BCUT2D eigenvalue weighted by Crippen LogP contribution is 2.26. The molecule has 0 bridgehead atoms. The zero-order valence-corrected chi connectivity index (χ0v) is 15.8. The van der Waals surface area contributed by atoms with Gasteiger partial charge >= 0.3 is 18.2 Å². The van der Waals surface area contributed by atoms with Crippen LogP contribution in [-0.2, 0) is 17.9 Å². The van der Waals surface area contributed by atoms with Gasteiger partial charge in [0.15, 0.2) is 0 Å². The highest BCUT2D eigenvalue weighted by molar-refractivity contribution is 5.60. The molecule has 1 aliphatic heterocycles. The van der Waals surface area contributed by atoms with Crippen molar-refractivity contribution in [2.24, 2.45) is 0 Å². The van der Waals surface area contributed by atoms with Crippen molar-refractivity contribution in [3.63, 3.8) is 0 Å². The van der Waals surface area contributed by atoms with Gasteiger partial charge in [0.25, 0.3) is 0 Å². The molecular formula is C19H15F3N4O5. The quantitative estimate of drug-likeness (QED) is 0.429. The lowest BCUT2D eigenvalue weighted by molar-refractivity contribution is -0.389. The lowest BCUT2D eigenvalue weighted by Gasteiger charge is -2.22. The number of hydrogen-bond donors (Lipinski definition) is 0. The van der Waals surface area contributed by atoms with Crippen LogP contribution in [0, 0.1) is 10.1 Å². The Morgan fingerprint density at radius 2 is 1.97 bits per heavy atom. The zero-order chi connectivity index (χ0) is 22.0. The normalized spacial score (nSPS) is 15.8. The number of nitrogens with zero attached hydrogens (tertiary/aromatic N) is 4. The Morgan fingerprint density at radius 3 is 2.68 bits per heavy atom. The number of halogens is 3. The first-order valence-corrected chi connectivity index (χ1v) is 9.05. The van der Waals surface area contributed by atoms with E-state index in [2.05, 4.69) is 14.7 Å². The molecule has 0 fully saturated rings. The van der Waals surface area contributed by atoms with Gasteiger partial charge in [-0.2, -0.15) is 0 Å². The van der Waals surface area contributed by atoms with Gasteiger partial charge in [-0.15, -0.1) is 13.2 Å². The second kappa shape index (κ2) is 8.22. The Balaban J connectivity index is 1.38. The minimum Gasteiger partial charge on any atom is -0.443 e. The molecule has 1 aromatic carbocycles. The molecule has 0 unspecified atom stereocenters. The molecule has 3 heterocycles. The van der Waals surface area contributed by atoms with E-state index in [4.69, 9.17) is 9.47 Å². The molecule has 0 saturated carbocycles. The predicted molar refractivity (Wildman–Crippen MR) is 99.3 cm³/mol. The number of aromatic nitrogens is 3. The molecule has 2 aromatic heterocycles. The summed E-state index contributed by atoms with van der Waals surface area (Å²) in [4.78, 5) is 18.5. The second-order valence-electron chi connectivity index (χ2n) is 6.62. The van der Waals surface area contributed by atoms with Crippen LogP contribution >= 0.6 is 0 Å². The van der Waals surface area contributed by atoms with Gasteiger partial charge in [-0.3, -0.25) is 9.55 Å². The summed E-state index contributed by atoms with van der Waals surface area (Å²) in [7, 11) is 0. The average Bonchev–Trinajstić information content (AvgIpc) is 3.16. The van der Waals surface area contributed by atoms with Crippen LogP contribution in [0.15, 0.2) is 48.7 Å². The van der Waals surface area contributed by atoms with Crippen LogP contribution in [0.3, 0.4) is 0 Å². The minimum atomic E-state index is -4.75. The number of benzene rings is 1. The Hall–Kier alpha value is -3.67. The lowest BCUT2D eigenvalue weighted by Crippen LogP contribution is -2.32. The number of pyridine rings is 1. The maximum atomic E-state index is 12.3. The minimum absolute atomic E-state index is 0.156. The van der Waals surface area contributed by atoms with Crippen molar-refractivity contribution in [2.45, 2.75) is 25.6 Å². The van der Waals surface area contributed by atoms with Crippen LogP contribution in [0.4, 0.5) is 19.0 Å². The molecule has 9 nitrogen and oxygen atoms in total. The number of imidazole rings is 1. The van der Waals surface area contributed by atoms with E-state index in [0.29, 0.717) is 23.5 Å². The summed E-state index contributed by atoms with van der Waals surface area (Å²) in [5, 5.41) is 10.8. The number of hydrogen-bond acceptors (Lipinski definition) is 7. The Morgan fingerprint density at radius 1 is 1.19 bits per heavy atom. The maximum Gasteiger partial charge on any atom is 0.573 e. The smallest absolute Gasteiger partial charge is 0.443 e. The first-order chi connectivity index (χ1) is 14.8. The predicted octanol–water partition coefficient (Wildman–Crippen LogP) is 3.73. The zero-order valence-electron chi connectivity index (χ0n) is 15.8. The van der Waals surface area contributed by atoms with Crippen molar-refractivity contribution in [2.75, 3.05) is 6.61 Å². The number of alkyl halides is 3. The fourth-order valence-corrected chi connectivity index (χ4v) is 3.01. The van der Waals surface area contributed by atoms with E-state index in [1.165, 1.54) is 35.0 Å². The van der Waals surface area contributed by atoms with Crippen molar-refractivity contribution >= 4 is 5.82 Å². The summed E-state index contributed by atoms with van der Waals surface area (Å²) < 4.78 is 53.4. The van der Waals surface area contributed by atoms with E-state index in [1.54, 1.807) is 18.2 Å². The summed E-state index contributed by atoms with van der Waals surface area (Å²) in [6, 6.07) is 10.8. The largest absolute Gasteiger partial charge is 0.573 e. The van der Waals surface area contributed by atoms with Crippen molar-refractivity contribution < 1.29 is 32.3 Å². The van der Waals surface area contributed by atoms with Crippen molar-refractivity contribution in [3.05, 3.63) is 64.5 Å². The van der Waals surface area contributed by atoms with Crippen LogP contribution in [0.1, 0.15) is 5.69 Å². The average molecular weight is 436 g/mol. The summed E-state index contributed by atoms with van der Waals surface area (Å²) in [6.07, 6.45) is -3.82. The van der Waals surface area contributed by atoms with E-state index < -0.39 is 11.3 Å². The van der Waals surface area contributed by atoms with Crippen LogP contribution < -0.4 is 9.47 Å². The molecule has 12 heteroatoms. The molecule has 0 N–H and O–H groups in total. The van der Waals surface area contributed by atoms with E-state index in [9.17, 15) is 23.3 Å². The van der Waals surface area contributed by atoms with Crippen molar-refractivity contribution in [1.29, 1.82) is 0 Å². The Kier molecular flexibility index (Phi) is 5.46. The third-order valence-electron chi connectivity index (χ3n) is 4.37. The molecule has 31 heavy (non-hydrogen) atoms. The van der Waals surface area contributed by atoms with Crippen molar-refractivity contribution in [1.82, 2.24) is 14.5 Å². The first kappa shape index (κ1) is 20.6. The van der Waals surface area contributed by atoms with E-state index in [0.717, 1.165) is 0 Å². The topological polar surface area (TPSA) is 102 Å². The molecule has 1 aliphatic rings. The monoisotopic (exact) mass is 436 g/mol. The second-order valence-corrected chi connectivity index (χ2v) is 6.62. The summed E-state index contributed by atoms with van der Waals surface area (Å²) in [5.74, 6) is -0.608. The SMILES string of the molecule is O=[N+]([O-])c1cn2c(n1)OC[C@@H](OCc1cccc(-c3ccc(OC(F)(F)F)cc3)n1)C2. The van der Waals surface area contributed by atoms with Crippen molar-refractivity contribution in [3.8, 4) is 23.0 Å². The third-order valence-corrected chi connectivity index (χ3v) is 4.37. The molecule has 1 atom stereocenters. The van der Waals surface area contributed by atoms with Gasteiger partial charge in [0.2, 0.25) is 0 Å². The van der Waals surface area contributed by atoms with Crippen LogP contribution in [0.2, 0.25) is 0 Å². The molecule has 0 aliphatic carbocycles. The number of fused-ring (bicyclic) bond motifs is 1. The molecular weight excluding hydrogens is 421 g/mol. The Bertz CT molecular complexity index is 1080. The molecule has 4 rings (SSSR count). The molecule has 0 radical (unpaired) electrons. The van der Waals surface area contributed by atoms with Crippen LogP contribution in [0.25, 0.3) is 11.3 Å². The highest BCUT2D eigenvalue weighted by Gasteiger charge is 2.31. The van der Waals surface area contributed by atoms with Gasteiger partial charge in [0, 0.05) is 10.5 Å². The first-order valence-electron chi connectivity index (χ1n) is 9.05. The maximum absolute atomic E-state index is 12.3. The van der Waals surface area contributed by atoms with Gasteiger partial charge in [-0.1, -0.05) is 6.07 Å². The molecule has 3 aromatic rings. The van der Waals surface area contributed by atoms with Gasteiger partial charge in [0.1, 0.15) is 24.7 Å². The molecule has 0 amide bonds. The summed E-state index contributed by atoms with van der Waals surface area (Å²) >= 11 is 0. The standard InChI is InChI=1S/C19H15F3N4O5/c20-19(21,22)31-14-6-4-12(5-7-14)16-3-1-2-13(23-16)10-29-15-8-25-9-17(26(27)28)24-18(25)30-11-15/h1-7,9,15H,8,10-11H2/t15-/m0/s1. The fraction of sp³-hybridized carbons (Fsp3) is 0.263. The summed E-state index contributed by atoms with van der Waals surface area (Å²) in [5.41, 5.74) is 1.79. The summed E-state index contributed by atoms with van der Waals surface area (Å²) in [6.45, 7) is 0.689. The molecule has 0 spiro atoms. The number of rotatable bonds is 6. The molecule has 162 valence electrons. The lowest BCUT2D eigenvalue weighted by atomic mass is 10.1. The van der Waals surface area contributed by atoms with Gasteiger partial charge in [-0.25, -0.2) is 0 Å².